The molecule has 0 aromatic carbocycles. The van der Waals surface area contributed by atoms with Gasteiger partial charge in [0.15, 0.2) is 0 Å². The maximum Gasteiger partial charge on any atom is 0.242 e. The van der Waals surface area contributed by atoms with Crippen LogP contribution in [-0.2, 0) is 17.9 Å². The molecule has 90 valence electrons. The highest BCUT2D eigenvalue weighted by Gasteiger charge is 2.20. The molecule has 5 nitrogen and oxygen atoms in total. The van der Waals surface area contributed by atoms with E-state index in [1.165, 1.54) is 19.3 Å². The van der Waals surface area contributed by atoms with Crippen molar-refractivity contribution in [1.82, 2.24) is 15.1 Å². The van der Waals surface area contributed by atoms with Crippen LogP contribution >= 0.6 is 0 Å². The van der Waals surface area contributed by atoms with E-state index in [0.29, 0.717) is 24.4 Å². The molecule has 0 amide bonds. The molecule has 0 N–H and O–H groups in total. The van der Waals surface area contributed by atoms with Crippen molar-refractivity contribution in [2.24, 2.45) is 0 Å². The standard InChI is InChI=1S/C11H19N3O2/c1-9-5-3-4-6-14(9)7-10-12-13-11(16-10)8-15-2/h9H,3-8H2,1-2H3. The van der Waals surface area contributed by atoms with Crippen LogP contribution < -0.4 is 0 Å². The Labute approximate surface area is 95.8 Å². The molecular weight excluding hydrogens is 206 g/mol. The van der Waals surface area contributed by atoms with Crippen molar-refractivity contribution in [1.29, 1.82) is 0 Å². The predicted octanol–water partition coefficient (Wildman–Crippen LogP) is 1.59. The predicted molar refractivity (Wildman–Crippen MR) is 58.7 cm³/mol. The number of hydrogen-bond donors (Lipinski definition) is 0. The minimum Gasteiger partial charge on any atom is -0.421 e. The molecule has 2 rings (SSSR count). The molecule has 1 aliphatic heterocycles. The highest BCUT2D eigenvalue weighted by Crippen LogP contribution is 2.18. The first-order valence-electron chi connectivity index (χ1n) is 5.84. The summed E-state index contributed by atoms with van der Waals surface area (Å²) in [6.07, 6.45) is 3.86. The molecule has 2 heterocycles. The lowest BCUT2D eigenvalue weighted by atomic mass is 10.0. The van der Waals surface area contributed by atoms with Crippen molar-refractivity contribution < 1.29 is 9.15 Å². The van der Waals surface area contributed by atoms with Crippen LogP contribution in [0.1, 0.15) is 38.0 Å². The summed E-state index contributed by atoms with van der Waals surface area (Å²) in [6, 6.07) is 0.617. The summed E-state index contributed by atoms with van der Waals surface area (Å²) in [4.78, 5) is 2.40. The zero-order valence-corrected chi connectivity index (χ0v) is 9.98. The summed E-state index contributed by atoms with van der Waals surface area (Å²) in [6.45, 7) is 4.54. The number of methoxy groups -OCH3 is 1. The van der Waals surface area contributed by atoms with Crippen LogP contribution in [0, 0.1) is 0 Å². The molecule has 0 radical (unpaired) electrons. The Kier molecular flexibility index (Phi) is 3.90. The minimum absolute atomic E-state index is 0.391. The first kappa shape index (κ1) is 11.5. The molecule has 0 spiro atoms. The molecule has 16 heavy (non-hydrogen) atoms. The number of ether oxygens (including phenoxy) is 1. The minimum atomic E-state index is 0.391. The molecule has 1 aromatic rings. The molecule has 0 aliphatic carbocycles. The second kappa shape index (κ2) is 5.41. The fourth-order valence-corrected chi connectivity index (χ4v) is 2.10. The Balaban J connectivity index is 1.91. The fourth-order valence-electron chi connectivity index (χ4n) is 2.10. The van der Waals surface area contributed by atoms with Crippen LogP contribution in [0.5, 0.6) is 0 Å². The van der Waals surface area contributed by atoms with Crippen LogP contribution in [0.2, 0.25) is 0 Å². The van der Waals surface area contributed by atoms with Crippen molar-refractivity contribution in [3.63, 3.8) is 0 Å². The van der Waals surface area contributed by atoms with Crippen molar-refractivity contribution in [2.75, 3.05) is 13.7 Å². The van der Waals surface area contributed by atoms with Crippen LogP contribution in [0.3, 0.4) is 0 Å². The lowest BCUT2D eigenvalue weighted by molar-refractivity contribution is 0.130. The summed E-state index contributed by atoms with van der Waals surface area (Å²) < 4.78 is 10.4. The Hall–Kier alpha value is -0.940. The maximum absolute atomic E-state index is 5.49. The van der Waals surface area contributed by atoms with Crippen molar-refractivity contribution >= 4 is 0 Å². The molecule has 5 heteroatoms. The van der Waals surface area contributed by atoms with Gasteiger partial charge in [-0.25, -0.2) is 0 Å². The van der Waals surface area contributed by atoms with E-state index in [1.54, 1.807) is 7.11 Å². The number of piperidine rings is 1. The van der Waals surface area contributed by atoms with Gasteiger partial charge in [0.25, 0.3) is 0 Å². The van der Waals surface area contributed by atoms with E-state index in [2.05, 4.69) is 22.0 Å². The van der Waals surface area contributed by atoms with Gasteiger partial charge in [-0.1, -0.05) is 6.42 Å². The van der Waals surface area contributed by atoms with Crippen molar-refractivity contribution in [3.05, 3.63) is 11.8 Å². The van der Waals surface area contributed by atoms with Gasteiger partial charge < -0.3 is 9.15 Å². The monoisotopic (exact) mass is 225 g/mol. The third kappa shape index (κ3) is 2.80. The molecule has 1 fully saturated rings. The second-order valence-electron chi connectivity index (χ2n) is 4.34. The number of hydrogen-bond acceptors (Lipinski definition) is 5. The molecule has 1 aromatic heterocycles. The fraction of sp³-hybridized carbons (Fsp3) is 0.818. The largest absolute Gasteiger partial charge is 0.421 e. The number of rotatable bonds is 4. The maximum atomic E-state index is 5.49. The number of aromatic nitrogens is 2. The highest BCUT2D eigenvalue weighted by molar-refractivity contribution is 4.83. The van der Waals surface area contributed by atoms with Crippen LogP contribution in [0.15, 0.2) is 4.42 Å². The summed E-state index contributed by atoms with van der Waals surface area (Å²) >= 11 is 0. The summed E-state index contributed by atoms with van der Waals surface area (Å²) in [5.74, 6) is 1.25. The van der Waals surface area contributed by atoms with Gasteiger partial charge in [0.2, 0.25) is 11.8 Å². The van der Waals surface area contributed by atoms with Gasteiger partial charge >= 0.3 is 0 Å². The van der Waals surface area contributed by atoms with Crippen LogP contribution in [0.4, 0.5) is 0 Å². The van der Waals surface area contributed by atoms with E-state index in [0.717, 1.165) is 13.1 Å². The third-order valence-electron chi connectivity index (χ3n) is 3.06. The summed E-state index contributed by atoms with van der Waals surface area (Å²) in [5.41, 5.74) is 0. The average molecular weight is 225 g/mol. The van der Waals surface area contributed by atoms with Gasteiger partial charge in [0.1, 0.15) is 6.61 Å². The van der Waals surface area contributed by atoms with Crippen molar-refractivity contribution in [3.8, 4) is 0 Å². The van der Waals surface area contributed by atoms with Gasteiger partial charge in [-0.05, 0) is 26.3 Å². The molecule has 1 atom stereocenters. The van der Waals surface area contributed by atoms with E-state index in [1.807, 2.05) is 0 Å². The smallest absolute Gasteiger partial charge is 0.242 e. The van der Waals surface area contributed by atoms with Gasteiger partial charge in [0.05, 0.1) is 6.54 Å². The summed E-state index contributed by atoms with van der Waals surface area (Å²) in [7, 11) is 1.62. The molecular formula is C11H19N3O2. The first-order chi connectivity index (χ1) is 7.79. The zero-order chi connectivity index (χ0) is 11.4. The number of nitrogens with zero attached hydrogens (tertiary/aromatic N) is 3. The number of likely N-dealkylation sites (tertiary alicyclic amines) is 1. The van der Waals surface area contributed by atoms with Crippen LogP contribution in [-0.4, -0.2) is 34.8 Å². The van der Waals surface area contributed by atoms with Crippen LogP contribution in [0.25, 0.3) is 0 Å². The van der Waals surface area contributed by atoms with E-state index in [4.69, 9.17) is 9.15 Å². The van der Waals surface area contributed by atoms with E-state index >= 15 is 0 Å². The Morgan fingerprint density at radius 1 is 1.38 bits per heavy atom. The SMILES string of the molecule is COCc1nnc(CN2CCCCC2C)o1. The van der Waals surface area contributed by atoms with Gasteiger partial charge in [-0.15, -0.1) is 10.2 Å². The lowest BCUT2D eigenvalue weighted by Crippen LogP contribution is -2.36. The van der Waals surface area contributed by atoms with Gasteiger partial charge in [-0.2, -0.15) is 0 Å². The zero-order valence-electron chi connectivity index (χ0n) is 9.98. The quantitative estimate of drug-likeness (QED) is 0.779. The van der Waals surface area contributed by atoms with E-state index < -0.39 is 0 Å². The third-order valence-corrected chi connectivity index (χ3v) is 3.06. The second-order valence-corrected chi connectivity index (χ2v) is 4.34. The Morgan fingerprint density at radius 2 is 2.19 bits per heavy atom. The molecule has 1 aliphatic rings. The summed E-state index contributed by atoms with van der Waals surface area (Å²) in [5, 5.41) is 7.95. The molecule has 0 saturated carbocycles. The Bertz CT molecular complexity index is 327. The van der Waals surface area contributed by atoms with Gasteiger partial charge in [-0.3, -0.25) is 4.90 Å². The normalized spacial score (nSPS) is 22.5. The average Bonchev–Trinajstić information content (AvgIpc) is 2.70. The van der Waals surface area contributed by atoms with E-state index in [-0.39, 0.29) is 0 Å². The molecule has 1 unspecified atom stereocenters. The molecule has 1 saturated heterocycles. The van der Waals surface area contributed by atoms with E-state index in [9.17, 15) is 0 Å². The Morgan fingerprint density at radius 3 is 2.94 bits per heavy atom. The first-order valence-corrected chi connectivity index (χ1v) is 5.84. The topological polar surface area (TPSA) is 51.4 Å². The van der Waals surface area contributed by atoms with Gasteiger partial charge in [0, 0.05) is 13.2 Å². The lowest BCUT2D eigenvalue weighted by Gasteiger charge is -2.31. The molecule has 0 bridgehead atoms. The highest BCUT2D eigenvalue weighted by atomic mass is 16.5. The van der Waals surface area contributed by atoms with Crippen molar-refractivity contribution in [2.45, 2.75) is 45.4 Å².